The van der Waals surface area contributed by atoms with Gasteiger partial charge in [-0.25, -0.2) is 4.79 Å². The molecule has 0 spiro atoms. The molecule has 0 bridgehead atoms. The number of benzene rings is 1. The molecule has 0 aliphatic rings. The molecule has 1 rings (SSSR count). The van der Waals surface area contributed by atoms with E-state index >= 15 is 0 Å². The zero-order chi connectivity index (χ0) is 12.8. The summed E-state index contributed by atoms with van der Waals surface area (Å²) in [5.41, 5.74) is 1.37. The van der Waals surface area contributed by atoms with Gasteiger partial charge in [-0.15, -0.1) is 0 Å². The Balaban J connectivity index is 2.88. The highest BCUT2D eigenvalue weighted by molar-refractivity contribution is 9.10. The minimum absolute atomic E-state index is 0.343. The molecule has 0 radical (unpaired) electrons. The van der Waals surface area contributed by atoms with Crippen LogP contribution in [0.4, 0.5) is 0 Å². The summed E-state index contributed by atoms with van der Waals surface area (Å²) < 4.78 is 0.969. The summed E-state index contributed by atoms with van der Waals surface area (Å²) in [7, 11) is 0. The average Bonchev–Trinajstić information content (AvgIpc) is 2.30. The van der Waals surface area contributed by atoms with Crippen LogP contribution in [0.1, 0.15) is 36.2 Å². The summed E-state index contributed by atoms with van der Waals surface area (Å²) in [6, 6.07) is 5.16. The Morgan fingerprint density at radius 3 is 2.65 bits per heavy atom. The van der Waals surface area contributed by atoms with Crippen molar-refractivity contribution in [1.29, 1.82) is 0 Å². The predicted octanol–water partition coefficient (Wildman–Crippen LogP) is 3.38. The van der Waals surface area contributed by atoms with Gasteiger partial charge in [-0.2, -0.15) is 0 Å². The molecule has 0 aliphatic carbocycles. The van der Waals surface area contributed by atoms with E-state index in [0.717, 1.165) is 36.1 Å². The van der Waals surface area contributed by atoms with Crippen molar-refractivity contribution in [3.05, 3.63) is 33.8 Å². The zero-order valence-electron chi connectivity index (χ0n) is 10.2. The summed E-state index contributed by atoms with van der Waals surface area (Å²) in [5.74, 6) is -0.878. The smallest absolute Gasteiger partial charge is 0.335 e. The van der Waals surface area contributed by atoms with Crippen molar-refractivity contribution >= 4 is 21.9 Å². The number of nitrogens with zero attached hydrogens (tertiary/aromatic N) is 1. The largest absolute Gasteiger partial charge is 0.478 e. The summed E-state index contributed by atoms with van der Waals surface area (Å²) in [6.45, 7) is 7.04. The highest BCUT2D eigenvalue weighted by atomic mass is 79.9. The summed E-state index contributed by atoms with van der Waals surface area (Å²) in [5, 5.41) is 8.97. The normalized spacial score (nSPS) is 10.8. The lowest BCUT2D eigenvalue weighted by Crippen LogP contribution is -2.23. The van der Waals surface area contributed by atoms with Gasteiger partial charge in [0.2, 0.25) is 0 Å². The fraction of sp³-hybridized carbons (Fsp3) is 0.462. The fourth-order valence-corrected chi connectivity index (χ4v) is 2.11. The molecule has 94 valence electrons. The van der Waals surface area contributed by atoms with Gasteiger partial charge in [-0.3, -0.25) is 4.90 Å². The number of halogens is 1. The van der Waals surface area contributed by atoms with Gasteiger partial charge in [0.15, 0.2) is 0 Å². The van der Waals surface area contributed by atoms with Crippen LogP contribution in [0.2, 0.25) is 0 Å². The van der Waals surface area contributed by atoms with Crippen molar-refractivity contribution in [1.82, 2.24) is 4.90 Å². The maximum atomic E-state index is 10.9. The molecule has 1 N–H and O–H groups in total. The Morgan fingerprint density at radius 2 is 2.12 bits per heavy atom. The third-order valence-electron chi connectivity index (χ3n) is 2.67. The number of rotatable bonds is 6. The first kappa shape index (κ1) is 14.2. The molecule has 1 aromatic carbocycles. The zero-order valence-corrected chi connectivity index (χ0v) is 11.8. The SMILES string of the molecule is CCCN(CC)Cc1cc(C(=O)O)ccc1Br. The monoisotopic (exact) mass is 299 g/mol. The Kier molecular flexibility index (Phi) is 5.65. The minimum Gasteiger partial charge on any atom is -0.478 e. The predicted molar refractivity (Wildman–Crippen MR) is 72.3 cm³/mol. The van der Waals surface area contributed by atoms with E-state index < -0.39 is 5.97 Å². The topological polar surface area (TPSA) is 40.5 Å². The third-order valence-corrected chi connectivity index (χ3v) is 3.45. The lowest BCUT2D eigenvalue weighted by molar-refractivity contribution is 0.0696. The van der Waals surface area contributed by atoms with Crippen molar-refractivity contribution in [2.75, 3.05) is 13.1 Å². The van der Waals surface area contributed by atoms with Crippen LogP contribution in [0, 0.1) is 0 Å². The van der Waals surface area contributed by atoms with Crippen LogP contribution < -0.4 is 0 Å². The first-order valence-corrected chi connectivity index (χ1v) is 6.61. The Bertz CT molecular complexity index is 393. The van der Waals surface area contributed by atoms with Crippen LogP contribution in [0.25, 0.3) is 0 Å². The van der Waals surface area contributed by atoms with Gasteiger partial charge in [-0.1, -0.05) is 29.8 Å². The van der Waals surface area contributed by atoms with Gasteiger partial charge < -0.3 is 5.11 Å². The Morgan fingerprint density at radius 1 is 1.41 bits per heavy atom. The van der Waals surface area contributed by atoms with Crippen LogP contribution >= 0.6 is 15.9 Å². The molecular weight excluding hydrogens is 282 g/mol. The maximum absolute atomic E-state index is 10.9. The van der Waals surface area contributed by atoms with E-state index in [1.807, 2.05) is 0 Å². The molecule has 0 unspecified atom stereocenters. The minimum atomic E-state index is -0.878. The highest BCUT2D eigenvalue weighted by Crippen LogP contribution is 2.20. The van der Waals surface area contributed by atoms with E-state index in [1.165, 1.54) is 0 Å². The second kappa shape index (κ2) is 6.77. The number of hydrogen-bond donors (Lipinski definition) is 1. The van der Waals surface area contributed by atoms with Crippen LogP contribution in [-0.2, 0) is 6.54 Å². The average molecular weight is 300 g/mol. The first-order chi connectivity index (χ1) is 8.08. The van der Waals surface area contributed by atoms with Gasteiger partial charge in [-0.05, 0) is 43.3 Å². The highest BCUT2D eigenvalue weighted by Gasteiger charge is 2.09. The van der Waals surface area contributed by atoms with Crippen LogP contribution in [0.15, 0.2) is 22.7 Å². The van der Waals surface area contributed by atoms with Crippen molar-refractivity contribution in [3.8, 4) is 0 Å². The van der Waals surface area contributed by atoms with Gasteiger partial charge in [0.1, 0.15) is 0 Å². The maximum Gasteiger partial charge on any atom is 0.335 e. The summed E-state index contributed by atoms with van der Waals surface area (Å²) >= 11 is 3.47. The Hall–Kier alpha value is -0.870. The van der Waals surface area contributed by atoms with Gasteiger partial charge in [0.05, 0.1) is 5.56 Å². The summed E-state index contributed by atoms with van der Waals surface area (Å²) in [6.07, 6.45) is 1.10. The van der Waals surface area contributed by atoms with Crippen LogP contribution in [0.3, 0.4) is 0 Å². The van der Waals surface area contributed by atoms with Crippen molar-refractivity contribution in [2.24, 2.45) is 0 Å². The number of carbonyl (C=O) groups is 1. The van der Waals surface area contributed by atoms with E-state index in [1.54, 1.807) is 18.2 Å². The van der Waals surface area contributed by atoms with E-state index in [0.29, 0.717) is 5.56 Å². The molecular formula is C13H18BrNO2. The van der Waals surface area contributed by atoms with E-state index in [9.17, 15) is 4.79 Å². The molecule has 0 saturated carbocycles. The molecule has 0 amide bonds. The lowest BCUT2D eigenvalue weighted by atomic mass is 10.1. The molecule has 1 aromatic rings. The molecule has 0 fully saturated rings. The van der Waals surface area contributed by atoms with Crippen molar-refractivity contribution in [2.45, 2.75) is 26.8 Å². The summed E-state index contributed by atoms with van der Waals surface area (Å²) in [4.78, 5) is 13.2. The fourth-order valence-electron chi connectivity index (χ4n) is 1.74. The second-order valence-electron chi connectivity index (χ2n) is 3.98. The molecule has 0 aliphatic heterocycles. The third kappa shape index (κ3) is 4.13. The molecule has 0 saturated heterocycles. The number of aromatic carboxylic acids is 1. The van der Waals surface area contributed by atoms with E-state index in [-0.39, 0.29) is 0 Å². The molecule has 0 aromatic heterocycles. The number of hydrogen-bond acceptors (Lipinski definition) is 2. The molecule has 0 atom stereocenters. The first-order valence-electron chi connectivity index (χ1n) is 5.82. The lowest BCUT2D eigenvalue weighted by Gasteiger charge is -2.20. The van der Waals surface area contributed by atoms with E-state index in [4.69, 9.17) is 5.11 Å². The molecule has 4 heteroatoms. The standard InChI is InChI=1S/C13H18BrNO2/c1-3-7-15(4-2)9-11-8-10(13(16)17)5-6-12(11)14/h5-6,8H,3-4,7,9H2,1-2H3,(H,16,17). The van der Waals surface area contributed by atoms with Gasteiger partial charge in [0.25, 0.3) is 0 Å². The molecule has 17 heavy (non-hydrogen) atoms. The Labute approximate surface area is 111 Å². The van der Waals surface area contributed by atoms with Gasteiger partial charge in [0, 0.05) is 11.0 Å². The molecule has 3 nitrogen and oxygen atoms in total. The van der Waals surface area contributed by atoms with Gasteiger partial charge >= 0.3 is 5.97 Å². The quantitative estimate of drug-likeness (QED) is 0.875. The number of carboxylic acid groups (broad SMARTS) is 1. The van der Waals surface area contributed by atoms with Crippen molar-refractivity contribution in [3.63, 3.8) is 0 Å². The second-order valence-corrected chi connectivity index (χ2v) is 4.83. The van der Waals surface area contributed by atoms with Crippen molar-refractivity contribution < 1.29 is 9.90 Å². The van der Waals surface area contributed by atoms with Crippen LogP contribution in [-0.4, -0.2) is 29.1 Å². The number of carboxylic acids is 1. The van der Waals surface area contributed by atoms with E-state index in [2.05, 4.69) is 34.7 Å². The van der Waals surface area contributed by atoms with Crippen LogP contribution in [0.5, 0.6) is 0 Å². The molecule has 0 heterocycles.